The lowest BCUT2D eigenvalue weighted by Gasteiger charge is -2.02. The minimum atomic E-state index is -0.310. The van der Waals surface area contributed by atoms with Crippen molar-refractivity contribution >= 4 is 27.5 Å². The molecule has 5 nitrogen and oxygen atoms in total. The van der Waals surface area contributed by atoms with Gasteiger partial charge in [0.25, 0.3) is 5.91 Å². The van der Waals surface area contributed by atoms with Gasteiger partial charge in [-0.3, -0.25) is 9.48 Å². The summed E-state index contributed by atoms with van der Waals surface area (Å²) >= 11 is 1.28. The van der Waals surface area contributed by atoms with Crippen LogP contribution in [0, 0.1) is 19.7 Å². The van der Waals surface area contributed by atoms with Crippen molar-refractivity contribution in [1.29, 1.82) is 0 Å². The molecule has 0 spiro atoms. The second-order valence-electron chi connectivity index (χ2n) is 5.49. The Morgan fingerprint density at radius 1 is 1.42 bits per heavy atom. The van der Waals surface area contributed by atoms with Crippen molar-refractivity contribution in [1.82, 2.24) is 14.3 Å². The summed E-state index contributed by atoms with van der Waals surface area (Å²) in [6.07, 6.45) is 1.72. The Labute approximate surface area is 142 Å². The number of thiazole rings is 1. The molecule has 7 heteroatoms. The molecule has 0 N–H and O–H groups in total. The second kappa shape index (κ2) is 6.52. The lowest BCUT2D eigenvalue weighted by molar-refractivity contribution is -0.118. The average Bonchev–Trinajstić information content (AvgIpc) is 2.99. The molecule has 2 aromatic heterocycles. The molecule has 0 saturated heterocycles. The summed E-state index contributed by atoms with van der Waals surface area (Å²) < 4.78 is 17.7. The molecule has 2 heterocycles. The maximum absolute atomic E-state index is 13.4. The standard InChI is InChI=1S/C17H17FN4OS/c1-4-7-21-14-6-5-13(18)9-15(14)24-17(21)19-16(23)10-22-12(3)8-11(2)20-22/h4-6,8-9H,1,7,10H2,2-3H3. The third-order valence-electron chi connectivity index (χ3n) is 3.57. The highest BCUT2D eigenvalue weighted by Crippen LogP contribution is 2.18. The lowest BCUT2D eigenvalue weighted by Crippen LogP contribution is -2.19. The van der Waals surface area contributed by atoms with Crippen LogP contribution in [0.4, 0.5) is 4.39 Å². The molecule has 0 radical (unpaired) electrons. The fourth-order valence-electron chi connectivity index (χ4n) is 2.54. The summed E-state index contributed by atoms with van der Waals surface area (Å²) in [5.41, 5.74) is 2.60. The first-order chi connectivity index (χ1) is 11.5. The molecular weight excluding hydrogens is 327 g/mol. The fourth-order valence-corrected chi connectivity index (χ4v) is 3.62. The van der Waals surface area contributed by atoms with Crippen LogP contribution >= 0.6 is 11.3 Å². The molecule has 3 aromatic rings. The molecule has 3 rings (SSSR count). The zero-order valence-corrected chi connectivity index (χ0v) is 14.3. The van der Waals surface area contributed by atoms with E-state index in [4.69, 9.17) is 0 Å². The summed E-state index contributed by atoms with van der Waals surface area (Å²) in [6.45, 7) is 8.08. The summed E-state index contributed by atoms with van der Waals surface area (Å²) in [7, 11) is 0. The fraction of sp³-hybridized carbons (Fsp3) is 0.235. The van der Waals surface area contributed by atoms with Crippen LogP contribution in [0.3, 0.4) is 0 Å². The van der Waals surface area contributed by atoms with E-state index < -0.39 is 0 Å². The number of hydrogen-bond donors (Lipinski definition) is 0. The minimum Gasteiger partial charge on any atom is -0.313 e. The van der Waals surface area contributed by atoms with E-state index in [-0.39, 0.29) is 18.3 Å². The van der Waals surface area contributed by atoms with Crippen molar-refractivity contribution in [3.8, 4) is 0 Å². The van der Waals surface area contributed by atoms with Gasteiger partial charge in [-0.15, -0.1) is 6.58 Å². The number of hydrogen-bond acceptors (Lipinski definition) is 3. The molecule has 0 unspecified atom stereocenters. The van der Waals surface area contributed by atoms with Gasteiger partial charge in [-0.1, -0.05) is 17.4 Å². The van der Waals surface area contributed by atoms with Crippen molar-refractivity contribution in [2.24, 2.45) is 4.99 Å². The Balaban J connectivity index is 2.02. The minimum absolute atomic E-state index is 0.0797. The summed E-state index contributed by atoms with van der Waals surface area (Å²) in [6, 6.07) is 6.45. The second-order valence-corrected chi connectivity index (χ2v) is 6.50. The van der Waals surface area contributed by atoms with Gasteiger partial charge in [-0.05, 0) is 38.1 Å². The molecule has 0 aliphatic rings. The number of amides is 1. The van der Waals surface area contributed by atoms with E-state index in [1.54, 1.807) is 16.8 Å². The van der Waals surface area contributed by atoms with E-state index in [9.17, 15) is 9.18 Å². The molecule has 0 saturated carbocycles. The summed E-state index contributed by atoms with van der Waals surface area (Å²) in [5, 5.41) is 4.27. The van der Waals surface area contributed by atoms with Crippen LogP contribution in [0.2, 0.25) is 0 Å². The van der Waals surface area contributed by atoms with E-state index in [1.807, 2.05) is 24.5 Å². The van der Waals surface area contributed by atoms with E-state index in [0.29, 0.717) is 11.3 Å². The molecule has 0 fully saturated rings. The van der Waals surface area contributed by atoms with Gasteiger partial charge < -0.3 is 4.57 Å². The number of aryl methyl sites for hydroxylation is 2. The molecule has 124 valence electrons. The number of rotatable bonds is 4. The van der Waals surface area contributed by atoms with E-state index >= 15 is 0 Å². The Morgan fingerprint density at radius 3 is 2.88 bits per heavy atom. The molecule has 0 bridgehead atoms. The van der Waals surface area contributed by atoms with Crippen molar-refractivity contribution in [2.75, 3.05) is 0 Å². The molecule has 0 aliphatic carbocycles. The number of nitrogens with zero attached hydrogens (tertiary/aromatic N) is 4. The van der Waals surface area contributed by atoms with Gasteiger partial charge in [0.1, 0.15) is 12.4 Å². The smallest absolute Gasteiger partial charge is 0.270 e. The Bertz CT molecular complexity index is 996. The zero-order chi connectivity index (χ0) is 17.3. The average molecular weight is 344 g/mol. The highest BCUT2D eigenvalue weighted by Gasteiger charge is 2.10. The Morgan fingerprint density at radius 2 is 2.21 bits per heavy atom. The normalized spacial score (nSPS) is 12.0. The van der Waals surface area contributed by atoms with Gasteiger partial charge in [0.05, 0.1) is 15.9 Å². The van der Waals surface area contributed by atoms with Crippen LogP contribution in [-0.4, -0.2) is 20.3 Å². The van der Waals surface area contributed by atoms with Crippen LogP contribution in [0.15, 0.2) is 41.9 Å². The predicted molar refractivity (Wildman–Crippen MR) is 92.2 cm³/mol. The predicted octanol–water partition coefficient (Wildman–Crippen LogP) is 2.97. The molecule has 1 aromatic carbocycles. The largest absolute Gasteiger partial charge is 0.313 e. The maximum Gasteiger partial charge on any atom is 0.270 e. The highest BCUT2D eigenvalue weighted by molar-refractivity contribution is 7.16. The third kappa shape index (κ3) is 3.21. The number of allylic oxidation sites excluding steroid dienone is 1. The van der Waals surface area contributed by atoms with Gasteiger partial charge >= 0.3 is 0 Å². The number of fused-ring (bicyclic) bond motifs is 1. The van der Waals surface area contributed by atoms with E-state index in [1.165, 1.54) is 23.5 Å². The Kier molecular flexibility index (Phi) is 4.44. The van der Waals surface area contributed by atoms with Gasteiger partial charge in [0, 0.05) is 12.2 Å². The van der Waals surface area contributed by atoms with Crippen molar-refractivity contribution in [3.63, 3.8) is 0 Å². The van der Waals surface area contributed by atoms with Crippen molar-refractivity contribution in [2.45, 2.75) is 26.9 Å². The SMILES string of the molecule is C=CCn1c(=NC(=O)Cn2nc(C)cc2C)sc2cc(F)ccc21. The number of carbonyl (C=O) groups excluding carboxylic acids is 1. The van der Waals surface area contributed by atoms with Crippen LogP contribution in [0.25, 0.3) is 10.2 Å². The Hall–Kier alpha value is -2.54. The van der Waals surface area contributed by atoms with E-state index in [0.717, 1.165) is 21.6 Å². The van der Waals surface area contributed by atoms with Gasteiger partial charge in [0.15, 0.2) is 4.80 Å². The zero-order valence-electron chi connectivity index (χ0n) is 13.5. The molecule has 0 aliphatic heterocycles. The monoisotopic (exact) mass is 344 g/mol. The lowest BCUT2D eigenvalue weighted by atomic mass is 10.3. The quantitative estimate of drug-likeness (QED) is 0.683. The first-order valence-electron chi connectivity index (χ1n) is 7.46. The topological polar surface area (TPSA) is 52.2 Å². The van der Waals surface area contributed by atoms with Gasteiger partial charge in [0.2, 0.25) is 0 Å². The van der Waals surface area contributed by atoms with E-state index in [2.05, 4.69) is 16.7 Å². The maximum atomic E-state index is 13.4. The van der Waals surface area contributed by atoms with Gasteiger partial charge in [-0.2, -0.15) is 10.1 Å². The molecule has 0 atom stereocenters. The molecule has 1 amide bonds. The van der Waals surface area contributed by atoms with Crippen LogP contribution in [-0.2, 0) is 17.9 Å². The third-order valence-corrected chi connectivity index (χ3v) is 4.61. The highest BCUT2D eigenvalue weighted by atomic mass is 32.1. The number of benzene rings is 1. The van der Waals surface area contributed by atoms with Crippen molar-refractivity contribution in [3.05, 3.63) is 58.9 Å². The number of carbonyl (C=O) groups is 1. The summed E-state index contributed by atoms with van der Waals surface area (Å²) in [4.78, 5) is 17.0. The first-order valence-corrected chi connectivity index (χ1v) is 8.28. The van der Waals surface area contributed by atoms with Crippen molar-refractivity contribution < 1.29 is 9.18 Å². The van der Waals surface area contributed by atoms with Crippen LogP contribution in [0.5, 0.6) is 0 Å². The number of halogens is 1. The number of aromatic nitrogens is 3. The summed E-state index contributed by atoms with van der Waals surface area (Å²) in [5.74, 6) is -0.610. The van der Waals surface area contributed by atoms with Gasteiger partial charge in [-0.25, -0.2) is 4.39 Å². The first kappa shape index (κ1) is 16.3. The molecular formula is C17H17FN4OS. The molecule has 24 heavy (non-hydrogen) atoms. The van der Waals surface area contributed by atoms with Crippen LogP contribution in [0.1, 0.15) is 11.4 Å². The van der Waals surface area contributed by atoms with Crippen LogP contribution < -0.4 is 4.80 Å².